The van der Waals surface area contributed by atoms with E-state index in [2.05, 4.69) is 15.3 Å². The van der Waals surface area contributed by atoms with E-state index in [1.807, 2.05) is 0 Å². The van der Waals surface area contributed by atoms with Crippen molar-refractivity contribution in [3.05, 3.63) is 47.8 Å². The van der Waals surface area contributed by atoms with Crippen LogP contribution in [0.15, 0.2) is 36.7 Å². The van der Waals surface area contributed by atoms with Crippen molar-refractivity contribution in [1.29, 1.82) is 0 Å². The average molecular weight is 336 g/mol. The van der Waals surface area contributed by atoms with Crippen LogP contribution >= 0.6 is 0 Å². The number of halogens is 3. The highest BCUT2D eigenvalue weighted by Gasteiger charge is 2.30. The number of likely N-dealkylation sites (tertiary alicyclic amines) is 1. The van der Waals surface area contributed by atoms with Gasteiger partial charge in [0.1, 0.15) is 0 Å². The molecule has 0 saturated carbocycles. The van der Waals surface area contributed by atoms with E-state index in [4.69, 9.17) is 0 Å². The molecule has 24 heavy (non-hydrogen) atoms. The molecule has 8 heteroatoms. The lowest BCUT2D eigenvalue weighted by molar-refractivity contribution is -0.137. The zero-order valence-corrected chi connectivity index (χ0v) is 12.7. The lowest BCUT2D eigenvalue weighted by Gasteiger charge is -2.14. The monoisotopic (exact) mass is 336 g/mol. The molecule has 1 aliphatic heterocycles. The molecule has 126 valence electrons. The van der Waals surface area contributed by atoms with Crippen LogP contribution in [0.4, 0.5) is 24.8 Å². The van der Waals surface area contributed by atoms with Crippen molar-refractivity contribution in [1.82, 2.24) is 14.9 Å². The summed E-state index contributed by atoms with van der Waals surface area (Å²) in [7, 11) is 0. The topological polar surface area (TPSA) is 58.1 Å². The SMILES string of the molecule is O=C(c1cnc(Nc2cccc(C(F)(F)F)c2)nc1)N1CCCC1. The van der Waals surface area contributed by atoms with Crippen molar-refractivity contribution in [3.63, 3.8) is 0 Å². The van der Waals surface area contributed by atoms with Crippen molar-refractivity contribution < 1.29 is 18.0 Å². The van der Waals surface area contributed by atoms with Gasteiger partial charge < -0.3 is 10.2 Å². The maximum atomic E-state index is 12.7. The summed E-state index contributed by atoms with van der Waals surface area (Å²) < 4.78 is 38.1. The van der Waals surface area contributed by atoms with Gasteiger partial charge in [0.25, 0.3) is 5.91 Å². The first-order valence-electron chi connectivity index (χ1n) is 7.49. The molecule has 0 bridgehead atoms. The number of benzene rings is 1. The molecule has 0 spiro atoms. The summed E-state index contributed by atoms with van der Waals surface area (Å²) in [5, 5.41) is 2.70. The number of carbonyl (C=O) groups is 1. The molecule has 1 amide bonds. The lowest BCUT2D eigenvalue weighted by atomic mass is 10.2. The number of hydrogen-bond donors (Lipinski definition) is 1. The van der Waals surface area contributed by atoms with Crippen LogP contribution in [0.5, 0.6) is 0 Å². The van der Waals surface area contributed by atoms with Gasteiger partial charge in [-0.05, 0) is 31.0 Å². The van der Waals surface area contributed by atoms with Crippen molar-refractivity contribution in [2.24, 2.45) is 0 Å². The third-order valence-electron chi connectivity index (χ3n) is 3.74. The second-order valence-corrected chi connectivity index (χ2v) is 5.50. The quantitative estimate of drug-likeness (QED) is 0.932. The van der Waals surface area contributed by atoms with Gasteiger partial charge in [0, 0.05) is 31.2 Å². The number of aromatic nitrogens is 2. The minimum atomic E-state index is -4.41. The number of nitrogens with zero attached hydrogens (tertiary/aromatic N) is 3. The Morgan fingerprint density at radius 2 is 1.79 bits per heavy atom. The number of carbonyl (C=O) groups excluding carboxylic acids is 1. The zero-order chi connectivity index (χ0) is 17.2. The Morgan fingerprint density at radius 3 is 2.42 bits per heavy atom. The van der Waals surface area contributed by atoms with Crippen LogP contribution in [0, 0.1) is 0 Å². The summed E-state index contributed by atoms with van der Waals surface area (Å²) in [6.07, 6.45) is 0.321. The fourth-order valence-electron chi connectivity index (χ4n) is 2.51. The van der Waals surface area contributed by atoms with Crippen LogP contribution in [0.3, 0.4) is 0 Å². The van der Waals surface area contributed by atoms with Crippen molar-refractivity contribution in [3.8, 4) is 0 Å². The lowest BCUT2D eigenvalue weighted by Crippen LogP contribution is -2.27. The molecule has 2 heterocycles. The number of hydrogen-bond acceptors (Lipinski definition) is 4. The molecule has 1 N–H and O–H groups in total. The Labute approximate surface area is 136 Å². The fraction of sp³-hybridized carbons (Fsp3) is 0.312. The van der Waals surface area contributed by atoms with Gasteiger partial charge in [-0.25, -0.2) is 9.97 Å². The van der Waals surface area contributed by atoms with E-state index >= 15 is 0 Å². The number of anilines is 2. The highest BCUT2D eigenvalue weighted by molar-refractivity contribution is 5.93. The van der Waals surface area contributed by atoms with Gasteiger partial charge in [0.05, 0.1) is 11.1 Å². The third kappa shape index (κ3) is 3.64. The van der Waals surface area contributed by atoms with Crippen molar-refractivity contribution in [2.75, 3.05) is 18.4 Å². The van der Waals surface area contributed by atoms with E-state index in [1.54, 1.807) is 4.90 Å². The fourth-order valence-corrected chi connectivity index (χ4v) is 2.51. The van der Waals surface area contributed by atoms with E-state index in [9.17, 15) is 18.0 Å². The summed E-state index contributed by atoms with van der Waals surface area (Å²) in [5.41, 5.74) is -0.164. The second-order valence-electron chi connectivity index (χ2n) is 5.50. The van der Waals surface area contributed by atoms with Crippen LogP contribution in [0.1, 0.15) is 28.8 Å². The van der Waals surface area contributed by atoms with Crippen LogP contribution in [-0.2, 0) is 6.18 Å². The standard InChI is InChI=1S/C16H15F3N4O/c17-16(18,19)12-4-3-5-13(8-12)22-15-20-9-11(10-21-15)14(24)23-6-1-2-7-23/h3-5,8-10H,1-2,6-7H2,(H,20,21,22). The summed E-state index contributed by atoms with van der Waals surface area (Å²) in [6, 6.07) is 4.76. The molecule has 1 aliphatic rings. The number of nitrogens with one attached hydrogen (secondary N) is 1. The molecule has 2 aromatic rings. The largest absolute Gasteiger partial charge is 0.416 e. The highest BCUT2D eigenvalue weighted by Crippen LogP contribution is 2.31. The Morgan fingerprint density at radius 1 is 1.12 bits per heavy atom. The van der Waals surface area contributed by atoms with E-state index in [0.29, 0.717) is 5.56 Å². The predicted octanol–water partition coefficient (Wildman–Crippen LogP) is 3.48. The van der Waals surface area contributed by atoms with Gasteiger partial charge in [0.2, 0.25) is 5.95 Å². The average Bonchev–Trinajstić information content (AvgIpc) is 3.09. The molecular formula is C16H15F3N4O. The Kier molecular flexibility index (Phi) is 4.37. The number of amides is 1. The number of alkyl halides is 3. The summed E-state index contributed by atoms with van der Waals surface area (Å²) >= 11 is 0. The molecule has 3 rings (SSSR count). The Bertz CT molecular complexity index is 725. The minimum Gasteiger partial charge on any atom is -0.339 e. The van der Waals surface area contributed by atoms with Crippen molar-refractivity contribution >= 4 is 17.5 Å². The van der Waals surface area contributed by atoms with Gasteiger partial charge in [-0.1, -0.05) is 6.07 Å². The molecule has 0 atom stereocenters. The smallest absolute Gasteiger partial charge is 0.339 e. The highest BCUT2D eigenvalue weighted by atomic mass is 19.4. The van der Waals surface area contributed by atoms with E-state index in [1.165, 1.54) is 24.5 Å². The zero-order valence-electron chi connectivity index (χ0n) is 12.7. The van der Waals surface area contributed by atoms with Crippen molar-refractivity contribution in [2.45, 2.75) is 19.0 Å². The first-order chi connectivity index (χ1) is 11.4. The van der Waals surface area contributed by atoms with E-state index < -0.39 is 11.7 Å². The van der Waals surface area contributed by atoms with Crippen LogP contribution < -0.4 is 5.32 Å². The van der Waals surface area contributed by atoms with Crippen LogP contribution in [0.25, 0.3) is 0 Å². The minimum absolute atomic E-state index is 0.127. The predicted molar refractivity (Wildman–Crippen MR) is 81.9 cm³/mol. The molecule has 5 nitrogen and oxygen atoms in total. The van der Waals surface area contributed by atoms with Gasteiger partial charge in [-0.2, -0.15) is 13.2 Å². The summed E-state index contributed by atoms with van der Waals surface area (Å²) in [5.74, 6) is 0.00501. The third-order valence-corrected chi connectivity index (χ3v) is 3.74. The molecule has 1 fully saturated rings. The Hall–Kier alpha value is -2.64. The first kappa shape index (κ1) is 16.2. The maximum Gasteiger partial charge on any atom is 0.416 e. The van der Waals surface area contributed by atoms with Crippen LogP contribution in [0.2, 0.25) is 0 Å². The van der Waals surface area contributed by atoms with Crippen LogP contribution in [-0.4, -0.2) is 33.9 Å². The molecule has 0 radical (unpaired) electrons. The molecule has 1 aromatic heterocycles. The normalized spacial score (nSPS) is 14.7. The van der Waals surface area contributed by atoms with E-state index in [-0.39, 0.29) is 17.5 Å². The summed E-state index contributed by atoms with van der Waals surface area (Å²) in [6.45, 7) is 1.45. The molecule has 1 aromatic carbocycles. The van der Waals surface area contributed by atoms with Gasteiger partial charge in [0.15, 0.2) is 0 Å². The first-order valence-corrected chi connectivity index (χ1v) is 7.49. The van der Waals surface area contributed by atoms with E-state index in [0.717, 1.165) is 38.1 Å². The van der Waals surface area contributed by atoms with Gasteiger partial charge in [-0.3, -0.25) is 4.79 Å². The molecule has 0 unspecified atom stereocenters. The molecular weight excluding hydrogens is 321 g/mol. The Balaban J connectivity index is 1.71. The maximum absolute atomic E-state index is 12.7. The number of rotatable bonds is 3. The molecule has 1 saturated heterocycles. The second kappa shape index (κ2) is 6.46. The summed E-state index contributed by atoms with van der Waals surface area (Å²) in [4.78, 5) is 21.9. The van der Waals surface area contributed by atoms with Gasteiger partial charge >= 0.3 is 6.18 Å². The van der Waals surface area contributed by atoms with Gasteiger partial charge in [-0.15, -0.1) is 0 Å². The molecule has 0 aliphatic carbocycles.